The van der Waals surface area contributed by atoms with Crippen LogP contribution in [0.3, 0.4) is 0 Å². The minimum absolute atomic E-state index is 0.203. The summed E-state index contributed by atoms with van der Waals surface area (Å²) >= 11 is 0. The van der Waals surface area contributed by atoms with Crippen LogP contribution in [0.5, 0.6) is 5.75 Å². The van der Waals surface area contributed by atoms with Crippen LogP contribution in [0.15, 0.2) is 48.7 Å². The maximum atomic E-state index is 12.0. The third-order valence-electron chi connectivity index (χ3n) is 3.60. The van der Waals surface area contributed by atoms with Crippen molar-refractivity contribution in [2.24, 2.45) is 0 Å². The van der Waals surface area contributed by atoms with Gasteiger partial charge in [-0.3, -0.25) is 9.20 Å². The molecule has 6 heteroatoms. The second-order valence-corrected chi connectivity index (χ2v) is 5.34. The van der Waals surface area contributed by atoms with Crippen LogP contribution in [-0.2, 0) is 11.3 Å². The van der Waals surface area contributed by atoms with Gasteiger partial charge in [0.2, 0.25) is 5.91 Å². The molecule has 24 heavy (non-hydrogen) atoms. The molecule has 0 spiro atoms. The number of nitrogens with zero attached hydrogens (tertiary/aromatic N) is 3. The fourth-order valence-corrected chi connectivity index (χ4v) is 2.39. The molecule has 0 aliphatic carbocycles. The number of methoxy groups -OCH3 is 1. The smallest absolute Gasteiger partial charge is 0.244 e. The van der Waals surface area contributed by atoms with Crippen LogP contribution in [0.1, 0.15) is 17.0 Å². The highest BCUT2D eigenvalue weighted by atomic mass is 16.5. The summed E-state index contributed by atoms with van der Waals surface area (Å²) in [5.74, 6) is 1.21. The molecule has 1 N–H and O–H groups in total. The molecule has 0 radical (unpaired) electrons. The fourth-order valence-electron chi connectivity index (χ4n) is 2.39. The van der Waals surface area contributed by atoms with Gasteiger partial charge in [-0.05, 0) is 37.3 Å². The first kappa shape index (κ1) is 15.7. The predicted octanol–water partition coefficient (Wildman–Crippen LogP) is 2.38. The second kappa shape index (κ2) is 6.95. The van der Waals surface area contributed by atoms with Crippen molar-refractivity contribution < 1.29 is 9.53 Å². The fraction of sp³-hybridized carbons (Fsp3) is 0.167. The van der Waals surface area contributed by atoms with E-state index in [1.54, 1.807) is 13.2 Å². The van der Waals surface area contributed by atoms with Crippen molar-refractivity contribution in [2.75, 3.05) is 7.11 Å². The molecule has 0 saturated heterocycles. The molecule has 122 valence electrons. The van der Waals surface area contributed by atoms with E-state index < -0.39 is 0 Å². The number of rotatable bonds is 5. The highest BCUT2D eigenvalue weighted by molar-refractivity contribution is 5.92. The lowest BCUT2D eigenvalue weighted by Crippen LogP contribution is -2.21. The number of hydrogen-bond acceptors (Lipinski definition) is 4. The summed E-state index contributed by atoms with van der Waals surface area (Å²) in [6.45, 7) is 2.30. The topological polar surface area (TPSA) is 68.5 Å². The molecule has 6 nitrogen and oxygen atoms in total. The first-order valence-corrected chi connectivity index (χ1v) is 7.56. The van der Waals surface area contributed by atoms with Gasteiger partial charge < -0.3 is 10.1 Å². The highest BCUT2D eigenvalue weighted by Gasteiger charge is 2.06. The van der Waals surface area contributed by atoms with Crippen LogP contribution in [0.2, 0.25) is 0 Å². The quantitative estimate of drug-likeness (QED) is 0.732. The van der Waals surface area contributed by atoms with Gasteiger partial charge in [0, 0.05) is 17.8 Å². The molecule has 0 aliphatic rings. The Balaban J connectivity index is 1.67. The summed E-state index contributed by atoms with van der Waals surface area (Å²) < 4.78 is 7.14. The zero-order chi connectivity index (χ0) is 16.9. The van der Waals surface area contributed by atoms with Crippen molar-refractivity contribution in [3.8, 4) is 5.75 Å². The maximum absolute atomic E-state index is 12.0. The number of carbonyl (C=O) groups is 1. The molecule has 2 heterocycles. The van der Waals surface area contributed by atoms with Crippen LogP contribution in [0, 0.1) is 6.92 Å². The number of benzene rings is 1. The van der Waals surface area contributed by atoms with Gasteiger partial charge in [0.25, 0.3) is 0 Å². The van der Waals surface area contributed by atoms with Crippen LogP contribution in [0.4, 0.5) is 0 Å². The Morgan fingerprint density at radius 1 is 1.29 bits per heavy atom. The molecule has 3 aromatic rings. The lowest BCUT2D eigenvalue weighted by Gasteiger charge is -2.05. The zero-order valence-corrected chi connectivity index (χ0v) is 13.6. The van der Waals surface area contributed by atoms with Crippen LogP contribution < -0.4 is 10.1 Å². The zero-order valence-electron chi connectivity index (χ0n) is 13.6. The first-order valence-electron chi connectivity index (χ1n) is 7.56. The summed E-state index contributed by atoms with van der Waals surface area (Å²) in [6, 6.07) is 11.5. The van der Waals surface area contributed by atoms with E-state index in [9.17, 15) is 4.79 Å². The van der Waals surface area contributed by atoms with E-state index in [1.165, 1.54) is 6.08 Å². The Labute approximate surface area is 139 Å². The van der Waals surface area contributed by atoms with Gasteiger partial charge in [0.15, 0.2) is 11.5 Å². The van der Waals surface area contributed by atoms with Gasteiger partial charge in [0.1, 0.15) is 5.75 Å². The van der Waals surface area contributed by atoms with E-state index in [4.69, 9.17) is 4.74 Å². The molecule has 3 rings (SSSR count). The minimum Gasteiger partial charge on any atom is -0.496 e. The van der Waals surface area contributed by atoms with Crippen LogP contribution in [-0.4, -0.2) is 27.6 Å². The first-order chi connectivity index (χ1) is 11.7. The van der Waals surface area contributed by atoms with E-state index in [1.807, 2.05) is 53.9 Å². The minimum atomic E-state index is -0.203. The van der Waals surface area contributed by atoms with Crippen molar-refractivity contribution in [3.63, 3.8) is 0 Å². The van der Waals surface area contributed by atoms with Gasteiger partial charge in [-0.15, -0.1) is 10.2 Å². The van der Waals surface area contributed by atoms with Crippen LogP contribution in [0.25, 0.3) is 11.7 Å². The van der Waals surface area contributed by atoms with E-state index >= 15 is 0 Å². The number of aromatic nitrogens is 3. The molecular formula is C18H18N4O2. The van der Waals surface area contributed by atoms with Gasteiger partial charge in [0.05, 0.1) is 13.7 Å². The Hall–Kier alpha value is -3.15. The Morgan fingerprint density at radius 2 is 2.17 bits per heavy atom. The number of aryl methyl sites for hydroxylation is 1. The largest absolute Gasteiger partial charge is 0.496 e. The van der Waals surface area contributed by atoms with E-state index in [0.717, 1.165) is 22.5 Å². The lowest BCUT2D eigenvalue weighted by atomic mass is 10.1. The number of ether oxygens (including phenoxy) is 1. The van der Waals surface area contributed by atoms with Gasteiger partial charge in [-0.25, -0.2) is 0 Å². The number of nitrogens with one attached hydrogen (secondary N) is 1. The second-order valence-electron chi connectivity index (χ2n) is 5.34. The summed E-state index contributed by atoms with van der Waals surface area (Å²) in [5, 5.41) is 10.9. The normalized spacial score (nSPS) is 11.1. The number of amides is 1. The Morgan fingerprint density at radius 3 is 3.00 bits per heavy atom. The van der Waals surface area contributed by atoms with E-state index in [-0.39, 0.29) is 5.91 Å². The number of fused-ring (bicyclic) bond motifs is 1. The summed E-state index contributed by atoms with van der Waals surface area (Å²) in [6.07, 6.45) is 5.09. The average molecular weight is 322 g/mol. The molecule has 0 unspecified atom stereocenters. The lowest BCUT2D eigenvalue weighted by molar-refractivity contribution is -0.116. The van der Waals surface area contributed by atoms with E-state index in [0.29, 0.717) is 12.4 Å². The SMILES string of the molecule is COc1ccc(C)cc1/C=C/C(=O)NCc1nnc2ccccn12. The average Bonchev–Trinajstić information content (AvgIpc) is 3.01. The van der Waals surface area contributed by atoms with Crippen LogP contribution >= 0.6 is 0 Å². The molecule has 1 amide bonds. The molecule has 2 aromatic heterocycles. The van der Waals surface area contributed by atoms with Crippen molar-refractivity contribution in [1.82, 2.24) is 19.9 Å². The van der Waals surface area contributed by atoms with Gasteiger partial charge in [-0.1, -0.05) is 17.7 Å². The predicted molar refractivity (Wildman–Crippen MR) is 91.6 cm³/mol. The molecule has 0 bridgehead atoms. The van der Waals surface area contributed by atoms with Crippen molar-refractivity contribution in [1.29, 1.82) is 0 Å². The standard InChI is InChI=1S/C18H18N4O2/c1-13-6-8-15(24-2)14(11-13)7-9-18(23)19-12-17-21-20-16-5-3-4-10-22(16)17/h3-11H,12H2,1-2H3,(H,19,23)/b9-7+. The molecule has 0 saturated carbocycles. The Bertz CT molecular complexity index is 899. The molecular weight excluding hydrogens is 304 g/mol. The maximum Gasteiger partial charge on any atom is 0.244 e. The number of pyridine rings is 1. The molecule has 0 fully saturated rings. The molecule has 0 aliphatic heterocycles. The van der Waals surface area contributed by atoms with Crippen molar-refractivity contribution in [2.45, 2.75) is 13.5 Å². The summed E-state index contributed by atoms with van der Waals surface area (Å²) in [7, 11) is 1.61. The molecule has 1 aromatic carbocycles. The van der Waals surface area contributed by atoms with Crippen molar-refractivity contribution in [3.05, 3.63) is 65.6 Å². The molecule has 0 atom stereocenters. The third-order valence-corrected chi connectivity index (χ3v) is 3.60. The van der Waals surface area contributed by atoms with Crippen molar-refractivity contribution >= 4 is 17.6 Å². The number of carbonyl (C=O) groups excluding carboxylic acids is 1. The number of hydrogen-bond donors (Lipinski definition) is 1. The van der Waals surface area contributed by atoms with E-state index in [2.05, 4.69) is 15.5 Å². The Kier molecular flexibility index (Phi) is 4.56. The highest BCUT2D eigenvalue weighted by Crippen LogP contribution is 2.20. The van der Waals surface area contributed by atoms with Gasteiger partial charge >= 0.3 is 0 Å². The van der Waals surface area contributed by atoms with Gasteiger partial charge in [-0.2, -0.15) is 0 Å². The summed E-state index contributed by atoms with van der Waals surface area (Å²) in [5.41, 5.74) is 2.72. The third kappa shape index (κ3) is 3.43. The summed E-state index contributed by atoms with van der Waals surface area (Å²) in [4.78, 5) is 12.0. The monoisotopic (exact) mass is 322 g/mol.